The molecule has 1 aliphatic rings. The molecule has 0 amide bonds. The third kappa shape index (κ3) is 2.47. The highest BCUT2D eigenvalue weighted by atomic mass is 16.3. The number of anilines is 1. The molecule has 0 spiro atoms. The molecule has 0 aliphatic carbocycles. The Kier molecular flexibility index (Phi) is 3.43. The molecule has 0 bridgehead atoms. The van der Waals surface area contributed by atoms with Crippen LogP contribution in [0.15, 0.2) is 18.2 Å². The Labute approximate surface area is 104 Å². The first-order valence-electron chi connectivity index (χ1n) is 6.54. The lowest BCUT2D eigenvalue weighted by Gasteiger charge is -2.24. The number of aryl methyl sites for hydroxylation is 1. The summed E-state index contributed by atoms with van der Waals surface area (Å²) in [6, 6.07) is 7.21. The van der Waals surface area contributed by atoms with Crippen molar-refractivity contribution >= 4 is 5.69 Å². The standard InChI is InChI=1S/C15H23NO/c1-10(2)16-9-13(8-12(4)17)14-7-11(3)5-6-15(14)16/h5-7,10,12-13,17H,8-9H2,1-4H3. The van der Waals surface area contributed by atoms with Gasteiger partial charge in [-0.25, -0.2) is 0 Å². The first kappa shape index (κ1) is 12.4. The van der Waals surface area contributed by atoms with Gasteiger partial charge in [0.15, 0.2) is 0 Å². The molecule has 1 N–H and O–H groups in total. The quantitative estimate of drug-likeness (QED) is 0.867. The zero-order valence-corrected chi connectivity index (χ0v) is 11.3. The Balaban J connectivity index is 2.34. The van der Waals surface area contributed by atoms with Gasteiger partial charge >= 0.3 is 0 Å². The summed E-state index contributed by atoms with van der Waals surface area (Å²) in [5.74, 6) is 0.479. The molecular formula is C15H23NO. The first-order valence-corrected chi connectivity index (χ1v) is 6.54. The monoisotopic (exact) mass is 233 g/mol. The largest absolute Gasteiger partial charge is 0.393 e. The Morgan fingerprint density at radius 1 is 1.35 bits per heavy atom. The van der Waals surface area contributed by atoms with E-state index in [1.54, 1.807) is 0 Å². The highest BCUT2D eigenvalue weighted by Gasteiger charge is 2.30. The third-order valence-electron chi connectivity index (χ3n) is 3.60. The average molecular weight is 233 g/mol. The molecule has 2 unspecified atom stereocenters. The van der Waals surface area contributed by atoms with Crippen molar-refractivity contribution in [2.45, 2.75) is 52.2 Å². The summed E-state index contributed by atoms with van der Waals surface area (Å²) < 4.78 is 0. The van der Waals surface area contributed by atoms with Crippen molar-refractivity contribution in [1.29, 1.82) is 0 Å². The van der Waals surface area contributed by atoms with Gasteiger partial charge in [-0.1, -0.05) is 17.7 Å². The Bertz CT molecular complexity index is 398. The normalized spacial score (nSPS) is 20.8. The minimum absolute atomic E-state index is 0.222. The molecule has 1 aromatic carbocycles. The summed E-state index contributed by atoms with van der Waals surface area (Å²) in [5.41, 5.74) is 4.08. The van der Waals surface area contributed by atoms with E-state index in [4.69, 9.17) is 0 Å². The first-order chi connectivity index (χ1) is 7.99. The van der Waals surface area contributed by atoms with Crippen LogP contribution in [0.2, 0.25) is 0 Å². The number of hydrogen-bond acceptors (Lipinski definition) is 2. The van der Waals surface area contributed by atoms with Gasteiger partial charge in [0.05, 0.1) is 6.10 Å². The molecular weight excluding hydrogens is 210 g/mol. The topological polar surface area (TPSA) is 23.5 Å². The van der Waals surface area contributed by atoms with Crippen molar-refractivity contribution in [3.8, 4) is 0 Å². The fourth-order valence-corrected chi connectivity index (χ4v) is 2.80. The van der Waals surface area contributed by atoms with Gasteiger partial charge in [-0.3, -0.25) is 0 Å². The van der Waals surface area contributed by atoms with E-state index in [-0.39, 0.29) is 6.10 Å². The second kappa shape index (κ2) is 4.69. The van der Waals surface area contributed by atoms with Gasteiger partial charge in [-0.05, 0) is 45.7 Å². The molecule has 0 saturated carbocycles. The van der Waals surface area contributed by atoms with Gasteiger partial charge in [0.25, 0.3) is 0 Å². The van der Waals surface area contributed by atoms with E-state index in [0.29, 0.717) is 12.0 Å². The SMILES string of the molecule is Cc1ccc2c(c1)C(CC(C)O)CN2C(C)C. The fraction of sp³-hybridized carbons (Fsp3) is 0.600. The Morgan fingerprint density at radius 2 is 2.06 bits per heavy atom. The van der Waals surface area contributed by atoms with Gasteiger partial charge in [-0.2, -0.15) is 0 Å². The van der Waals surface area contributed by atoms with Gasteiger partial charge < -0.3 is 10.0 Å². The number of aliphatic hydroxyl groups excluding tert-OH is 1. The van der Waals surface area contributed by atoms with Crippen LogP contribution in [0.3, 0.4) is 0 Å². The van der Waals surface area contributed by atoms with E-state index in [1.165, 1.54) is 16.8 Å². The Morgan fingerprint density at radius 3 is 2.65 bits per heavy atom. The van der Waals surface area contributed by atoms with Crippen LogP contribution in [0.5, 0.6) is 0 Å². The van der Waals surface area contributed by atoms with Crippen LogP contribution >= 0.6 is 0 Å². The molecule has 1 heterocycles. The van der Waals surface area contributed by atoms with E-state index in [1.807, 2.05) is 6.92 Å². The van der Waals surface area contributed by atoms with Crippen LogP contribution in [0.4, 0.5) is 5.69 Å². The molecule has 94 valence electrons. The zero-order valence-electron chi connectivity index (χ0n) is 11.3. The molecule has 2 heteroatoms. The van der Waals surface area contributed by atoms with Crippen LogP contribution in [-0.4, -0.2) is 23.8 Å². The van der Waals surface area contributed by atoms with E-state index >= 15 is 0 Å². The molecule has 1 aromatic rings. The second-order valence-corrected chi connectivity index (χ2v) is 5.59. The van der Waals surface area contributed by atoms with Crippen LogP contribution in [0, 0.1) is 6.92 Å². The lowest BCUT2D eigenvalue weighted by molar-refractivity contribution is 0.176. The smallest absolute Gasteiger partial charge is 0.0518 e. The molecule has 2 rings (SSSR count). The highest BCUT2D eigenvalue weighted by Crippen LogP contribution is 2.40. The average Bonchev–Trinajstić information content (AvgIpc) is 2.56. The van der Waals surface area contributed by atoms with Crippen molar-refractivity contribution in [2.75, 3.05) is 11.4 Å². The summed E-state index contributed by atoms with van der Waals surface area (Å²) >= 11 is 0. The number of nitrogens with zero attached hydrogens (tertiary/aromatic N) is 1. The summed E-state index contributed by atoms with van der Waals surface area (Å²) in [6.07, 6.45) is 0.639. The van der Waals surface area contributed by atoms with Crippen LogP contribution in [-0.2, 0) is 0 Å². The molecule has 0 radical (unpaired) electrons. The molecule has 1 aliphatic heterocycles. The molecule has 2 atom stereocenters. The number of fused-ring (bicyclic) bond motifs is 1. The summed E-state index contributed by atoms with van der Waals surface area (Å²) in [6.45, 7) is 9.52. The van der Waals surface area contributed by atoms with E-state index in [2.05, 4.69) is 43.9 Å². The third-order valence-corrected chi connectivity index (χ3v) is 3.60. The molecule has 0 saturated heterocycles. The van der Waals surface area contributed by atoms with E-state index in [9.17, 15) is 5.11 Å². The number of hydrogen-bond donors (Lipinski definition) is 1. The van der Waals surface area contributed by atoms with Crippen molar-refractivity contribution in [3.05, 3.63) is 29.3 Å². The summed E-state index contributed by atoms with van der Waals surface area (Å²) in [5, 5.41) is 9.61. The minimum Gasteiger partial charge on any atom is -0.393 e. The maximum absolute atomic E-state index is 9.61. The number of aliphatic hydroxyl groups is 1. The van der Waals surface area contributed by atoms with Gasteiger partial charge in [0.1, 0.15) is 0 Å². The molecule has 0 aromatic heterocycles. The van der Waals surface area contributed by atoms with E-state index < -0.39 is 0 Å². The number of benzene rings is 1. The maximum atomic E-state index is 9.61. The summed E-state index contributed by atoms with van der Waals surface area (Å²) in [4.78, 5) is 2.45. The zero-order chi connectivity index (χ0) is 12.6. The minimum atomic E-state index is -0.222. The predicted octanol–water partition coefficient (Wildman–Crippen LogP) is 3.08. The second-order valence-electron chi connectivity index (χ2n) is 5.59. The van der Waals surface area contributed by atoms with Crippen molar-refractivity contribution in [2.24, 2.45) is 0 Å². The fourth-order valence-electron chi connectivity index (χ4n) is 2.80. The predicted molar refractivity (Wildman–Crippen MR) is 72.7 cm³/mol. The lowest BCUT2D eigenvalue weighted by Crippen LogP contribution is -2.29. The summed E-state index contributed by atoms with van der Waals surface area (Å²) in [7, 11) is 0. The van der Waals surface area contributed by atoms with Crippen molar-refractivity contribution in [3.63, 3.8) is 0 Å². The van der Waals surface area contributed by atoms with Gasteiger partial charge in [0.2, 0.25) is 0 Å². The molecule has 2 nitrogen and oxygen atoms in total. The lowest BCUT2D eigenvalue weighted by atomic mass is 9.94. The van der Waals surface area contributed by atoms with Crippen molar-refractivity contribution < 1.29 is 5.11 Å². The molecule has 0 fully saturated rings. The van der Waals surface area contributed by atoms with Gasteiger partial charge in [0, 0.05) is 24.2 Å². The van der Waals surface area contributed by atoms with Crippen LogP contribution < -0.4 is 4.90 Å². The number of rotatable bonds is 3. The van der Waals surface area contributed by atoms with Crippen LogP contribution in [0.1, 0.15) is 44.2 Å². The van der Waals surface area contributed by atoms with Crippen molar-refractivity contribution in [1.82, 2.24) is 0 Å². The van der Waals surface area contributed by atoms with Crippen LogP contribution in [0.25, 0.3) is 0 Å². The highest BCUT2D eigenvalue weighted by molar-refractivity contribution is 5.61. The van der Waals surface area contributed by atoms with Gasteiger partial charge in [-0.15, -0.1) is 0 Å². The van der Waals surface area contributed by atoms with E-state index in [0.717, 1.165) is 13.0 Å². The Hall–Kier alpha value is -1.02. The maximum Gasteiger partial charge on any atom is 0.0518 e. The molecule has 17 heavy (non-hydrogen) atoms.